The molecule has 0 saturated carbocycles. The molecule has 120 valence electrons. The van der Waals surface area contributed by atoms with E-state index in [1.165, 1.54) is 11.2 Å². The van der Waals surface area contributed by atoms with Crippen LogP contribution in [-0.2, 0) is 17.8 Å². The monoisotopic (exact) mass is 318 g/mol. The van der Waals surface area contributed by atoms with Crippen molar-refractivity contribution in [2.24, 2.45) is 0 Å². The topological polar surface area (TPSA) is 57.2 Å². The lowest BCUT2D eigenvalue weighted by atomic mass is 10.1. The number of hydrogen-bond donors (Lipinski definition) is 0. The second-order valence-corrected chi connectivity index (χ2v) is 5.04. The average molecular weight is 318 g/mol. The van der Waals surface area contributed by atoms with Crippen molar-refractivity contribution in [3.63, 3.8) is 0 Å². The molecule has 0 spiro atoms. The molecule has 23 heavy (non-hydrogen) atoms. The van der Waals surface area contributed by atoms with Gasteiger partial charge in [-0.25, -0.2) is 8.78 Å². The van der Waals surface area contributed by atoms with E-state index in [-0.39, 0.29) is 43.8 Å². The summed E-state index contributed by atoms with van der Waals surface area (Å²) in [6.07, 6.45) is 1.83. The molecule has 0 bridgehead atoms. The Balaban J connectivity index is 1.99. The van der Waals surface area contributed by atoms with E-state index in [4.69, 9.17) is 9.68 Å². The predicted octanol–water partition coefficient (Wildman–Crippen LogP) is 3.43. The Kier molecular flexibility index (Phi) is 5.87. The highest BCUT2D eigenvalue weighted by atomic mass is 19.1. The molecule has 6 heteroatoms. The zero-order chi connectivity index (χ0) is 16.7. The quantitative estimate of drug-likeness (QED) is 0.786. The first-order valence-electron chi connectivity index (χ1n) is 7.21. The van der Waals surface area contributed by atoms with Crippen molar-refractivity contribution >= 4 is 5.91 Å². The van der Waals surface area contributed by atoms with Gasteiger partial charge in [0.15, 0.2) is 0 Å². The summed E-state index contributed by atoms with van der Waals surface area (Å²) in [5.74, 6) is -0.701. The second-order valence-electron chi connectivity index (χ2n) is 5.04. The lowest BCUT2D eigenvalue weighted by Gasteiger charge is -2.20. The van der Waals surface area contributed by atoms with Gasteiger partial charge in [0.25, 0.3) is 0 Å². The van der Waals surface area contributed by atoms with Crippen LogP contribution in [0.2, 0.25) is 0 Å². The minimum atomic E-state index is -0.536. The second kappa shape index (κ2) is 8.08. The SMILES string of the molecule is N#CCCN(Cc1ccco1)C(=O)CCc1cc(F)ccc1F. The van der Waals surface area contributed by atoms with E-state index in [1.807, 2.05) is 6.07 Å². The highest BCUT2D eigenvalue weighted by Gasteiger charge is 2.16. The number of nitriles is 1. The molecule has 0 radical (unpaired) electrons. The Hall–Kier alpha value is -2.68. The fourth-order valence-corrected chi connectivity index (χ4v) is 2.20. The maximum Gasteiger partial charge on any atom is 0.223 e. The van der Waals surface area contributed by atoms with E-state index in [0.717, 1.165) is 18.2 Å². The number of halogens is 2. The third kappa shape index (κ3) is 4.92. The molecule has 0 atom stereocenters. The molecule has 2 aromatic rings. The van der Waals surface area contributed by atoms with Crippen LogP contribution in [0, 0.1) is 23.0 Å². The Morgan fingerprint density at radius 2 is 2.13 bits per heavy atom. The van der Waals surface area contributed by atoms with Crippen LogP contribution >= 0.6 is 0 Å². The van der Waals surface area contributed by atoms with Crippen LogP contribution in [0.4, 0.5) is 8.78 Å². The van der Waals surface area contributed by atoms with E-state index < -0.39 is 11.6 Å². The van der Waals surface area contributed by atoms with Gasteiger partial charge in [-0.3, -0.25) is 4.79 Å². The Morgan fingerprint density at radius 1 is 1.30 bits per heavy atom. The zero-order valence-electron chi connectivity index (χ0n) is 12.5. The number of rotatable bonds is 7. The van der Waals surface area contributed by atoms with Crippen molar-refractivity contribution in [2.45, 2.75) is 25.8 Å². The van der Waals surface area contributed by atoms with Crippen molar-refractivity contribution < 1.29 is 18.0 Å². The summed E-state index contributed by atoms with van der Waals surface area (Å²) in [5, 5.41) is 8.70. The van der Waals surface area contributed by atoms with Gasteiger partial charge in [-0.2, -0.15) is 5.26 Å². The Morgan fingerprint density at radius 3 is 2.83 bits per heavy atom. The molecule has 0 saturated heterocycles. The highest BCUT2D eigenvalue weighted by Crippen LogP contribution is 2.14. The average Bonchev–Trinajstić information content (AvgIpc) is 3.05. The lowest BCUT2D eigenvalue weighted by Crippen LogP contribution is -2.31. The molecule has 4 nitrogen and oxygen atoms in total. The summed E-state index contributed by atoms with van der Waals surface area (Å²) in [6, 6.07) is 8.61. The van der Waals surface area contributed by atoms with Gasteiger partial charge in [-0.1, -0.05) is 0 Å². The number of benzene rings is 1. The number of aryl methyl sites for hydroxylation is 1. The number of hydrogen-bond acceptors (Lipinski definition) is 3. The lowest BCUT2D eigenvalue weighted by molar-refractivity contribution is -0.132. The predicted molar refractivity (Wildman–Crippen MR) is 79.0 cm³/mol. The van der Waals surface area contributed by atoms with Gasteiger partial charge in [0.05, 0.1) is 25.3 Å². The molecule has 0 aliphatic heterocycles. The summed E-state index contributed by atoms with van der Waals surface area (Å²) < 4.78 is 31.9. The summed E-state index contributed by atoms with van der Waals surface area (Å²) in [7, 11) is 0. The van der Waals surface area contributed by atoms with Gasteiger partial charge in [0.2, 0.25) is 5.91 Å². The molecule has 0 fully saturated rings. The molecule has 0 N–H and O–H groups in total. The van der Waals surface area contributed by atoms with E-state index in [1.54, 1.807) is 12.1 Å². The fourth-order valence-electron chi connectivity index (χ4n) is 2.20. The first kappa shape index (κ1) is 16.7. The van der Waals surface area contributed by atoms with Crippen LogP contribution in [0.3, 0.4) is 0 Å². The third-order valence-corrected chi connectivity index (χ3v) is 3.39. The van der Waals surface area contributed by atoms with Crippen LogP contribution in [0.5, 0.6) is 0 Å². The summed E-state index contributed by atoms with van der Waals surface area (Å²) in [4.78, 5) is 13.8. The number of carbonyl (C=O) groups excluding carboxylic acids is 1. The molecule has 0 aliphatic carbocycles. The summed E-state index contributed by atoms with van der Waals surface area (Å²) in [5.41, 5.74) is 0.164. The van der Waals surface area contributed by atoms with Gasteiger partial charge >= 0.3 is 0 Å². The molecule has 1 aromatic carbocycles. The van der Waals surface area contributed by atoms with Crippen molar-refractivity contribution in [1.82, 2.24) is 4.90 Å². The maximum atomic E-state index is 13.6. The molecule has 1 amide bonds. The van der Waals surface area contributed by atoms with Crippen LogP contribution in [0.1, 0.15) is 24.2 Å². The Labute approximate surface area is 132 Å². The number of nitrogens with zero attached hydrogens (tertiary/aromatic N) is 2. The fraction of sp³-hybridized carbons (Fsp3) is 0.294. The normalized spacial score (nSPS) is 10.3. The third-order valence-electron chi connectivity index (χ3n) is 3.39. The van der Waals surface area contributed by atoms with Crippen molar-refractivity contribution in [3.05, 3.63) is 59.6 Å². The van der Waals surface area contributed by atoms with Gasteiger partial charge in [-0.05, 0) is 42.3 Å². The van der Waals surface area contributed by atoms with Gasteiger partial charge < -0.3 is 9.32 Å². The minimum Gasteiger partial charge on any atom is -0.467 e. The van der Waals surface area contributed by atoms with Gasteiger partial charge in [-0.15, -0.1) is 0 Å². The van der Waals surface area contributed by atoms with E-state index in [9.17, 15) is 13.6 Å². The van der Waals surface area contributed by atoms with E-state index in [2.05, 4.69) is 0 Å². The van der Waals surface area contributed by atoms with Crippen LogP contribution < -0.4 is 0 Å². The first-order valence-corrected chi connectivity index (χ1v) is 7.21. The largest absolute Gasteiger partial charge is 0.467 e. The molecule has 1 aromatic heterocycles. The van der Waals surface area contributed by atoms with Crippen LogP contribution in [0.15, 0.2) is 41.0 Å². The van der Waals surface area contributed by atoms with Crippen LogP contribution in [-0.4, -0.2) is 17.4 Å². The van der Waals surface area contributed by atoms with Gasteiger partial charge in [0, 0.05) is 13.0 Å². The maximum absolute atomic E-state index is 13.6. The molecule has 2 rings (SSSR count). The van der Waals surface area contributed by atoms with Crippen LogP contribution in [0.25, 0.3) is 0 Å². The van der Waals surface area contributed by atoms with E-state index in [0.29, 0.717) is 5.76 Å². The smallest absolute Gasteiger partial charge is 0.223 e. The molecular formula is C17H16F2N2O2. The Bertz CT molecular complexity index is 693. The van der Waals surface area contributed by atoms with Crippen molar-refractivity contribution in [2.75, 3.05) is 6.54 Å². The number of carbonyl (C=O) groups is 1. The molecular weight excluding hydrogens is 302 g/mol. The standard InChI is InChI=1S/C17H16F2N2O2/c18-14-5-6-16(19)13(11-14)4-7-17(22)21(9-2-8-20)12-15-3-1-10-23-15/h1,3,5-6,10-11H,2,4,7,9,12H2. The van der Waals surface area contributed by atoms with Crippen molar-refractivity contribution in [3.8, 4) is 6.07 Å². The van der Waals surface area contributed by atoms with Gasteiger partial charge in [0.1, 0.15) is 17.4 Å². The summed E-state index contributed by atoms with van der Waals surface area (Å²) >= 11 is 0. The van der Waals surface area contributed by atoms with Crippen molar-refractivity contribution in [1.29, 1.82) is 5.26 Å². The number of furan rings is 1. The molecule has 0 unspecified atom stereocenters. The first-order chi connectivity index (χ1) is 11.1. The molecule has 0 aliphatic rings. The molecule has 1 heterocycles. The zero-order valence-corrected chi connectivity index (χ0v) is 12.5. The summed E-state index contributed by atoms with van der Waals surface area (Å²) in [6.45, 7) is 0.515. The number of amides is 1. The van der Waals surface area contributed by atoms with E-state index >= 15 is 0 Å². The minimum absolute atomic E-state index is 0.0342. The highest BCUT2D eigenvalue weighted by molar-refractivity contribution is 5.76.